The summed E-state index contributed by atoms with van der Waals surface area (Å²) in [5.41, 5.74) is 0. The van der Waals surface area contributed by atoms with Gasteiger partial charge in [-0.3, -0.25) is 4.99 Å². The Balaban J connectivity index is 1.68. The molecule has 1 atom stereocenters. The van der Waals surface area contributed by atoms with Crippen molar-refractivity contribution >= 4 is 17.7 Å². The van der Waals surface area contributed by atoms with Crippen LogP contribution in [-0.4, -0.2) is 51.9 Å². The average Bonchev–Trinajstić information content (AvgIpc) is 3.13. The summed E-state index contributed by atoms with van der Waals surface area (Å²) in [4.78, 5) is 4.26. The van der Waals surface area contributed by atoms with Crippen LogP contribution in [0.15, 0.2) is 11.3 Å². The van der Waals surface area contributed by atoms with Gasteiger partial charge in [-0.15, -0.1) is 10.2 Å². The summed E-state index contributed by atoms with van der Waals surface area (Å²) >= 11 is 2.06. The van der Waals surface area contributed by atoms with Crippen molar-refractivity contribution in [3.63, 3.8) is 0 Å². The second kappa shape index (κ2) is 8.14. The predicted octanol–water partition coefficient (Wildman–Crippen LogP) is 0.901. The van der Waals surface area contributed by atoms with Gasteiger partial charge < -0.3 is 15.2 Å². The van der Waals surface area contributed by atoms with Gasteiger partial charge >= 0.3 is 0 Å². The second-order valence-corrected chi connectivity index (χ2v) is 6.22. The highest BCUT2D eigenvalue weighted by molar-refractivity contribution is 8.00. The molecule has 1 saturated heterocycles. The quantitative estimate of drug-likeness (QED) is 0.603. The molecule has 20 heavy (non-hydrogen) atoms. The van der Waals surface area contributed by atoms with Crippen molar-refractivity contribution in [2.24, 2.45) is 4.99 Å². The number of aryl methyl sites for hydroxylation is 1. The zero-order valence-corrected chi connectivity index (χ0v) is 13.1. The third-order valence-electron chi connectivity index (χ3n) is 3.40. The Morgan fingerprint density at radius 1 is 1.55 bits per heavy atom. The van der Waals surface area contributed by atoms with Gasteiger partial charge in [-0.1, -0.05) is 6.92 Å². The number of nitrogens with zero attached hydrogens (tertiary/aromatic N) is 4. The standard InChI is InChI=1S/C13H24N6S/c1-3-12-18-17-10-19(12)7-6-15-13(14-2)16-9-11-5-4-8-20-11/h10-11H,3-9H2,1-2H3,(H2,14,15,16). The molecule has 0 aliphatic carbocycles. The molecule has 0 saturated carbocycles. The monoisotopic (exact) mass is 296 g/mol. The summed E-state index contributed by atoms with van der Waals surface area (Å²) in [6.07, 6.45) is 5.35. The molecule has 2 heterocycles. The highest BCUT2D eigenvalue weighted by Crippen LogP contribution is 2.25. The van der Waals surface area contributed by atoms with Gasteiger partial charge in [0.25, 0.3) is 0 Å². The van der Waals surface area contributed by atoms with Gasteiger partial charge in [-0.2, -0.15) is 11.8 Å². The summed E-state index contributed by atoms with van der Waals surface area (Å²) in [5.74, 6) is 3.20. The molecule has 112 valence electrons. The summed E-state index contributed by atoms with van der Waals surface area (Å²) in [7, 11) is 1.81. The van der Waals surface area contributed by atoms with E-state index in [1.54, 1.807) is 6.33 Å². The first-order chi connectivity index (χ1) is 9.83. The molecule has 0 bridgehead atoms. The molecule has 7 heteroatoms. The molecule has 2 N–H and O–H groups in total. The minimum Gasteiger partial charge on any atom is -0.355 e. The molecule has 1 unspecified atom stereocenters. The van der Waals surface area contributed by atoms with Crippen molar-refractivity contribution in [1.29, 1.82) is 0 Å². The first-order valence-electron chi connectivity index (χ1n) is 7.26. The van der Waals surface area contributed by atoms with Crippen LogP contribution in [0, 0.1) is 0 Å². The molecule has 1 fully saturated rings. The number of hydrogen-bond acceptors (Lipinski definition) is 4. The third kappa shape index (κ3) is 4.40. The molecular weight excluding hydrogens is 272 g/mol. The van der Waals surface area contributed by atoms with Crippen LogP contribution in [0.2, 0.25) is 0 Å². The molecule has 2 rings (SSSR count). The van der Waals surface area contributed by atoms with E-state index in [-0.39, 0.29) is 0 Å². The Hall–Kier alpha value is -1.24. The molecule has 0 radical (unpaired) electrons. The lowest BCUT2D eigenvalue weighted by Gasteiger charge is -2.15. The molecule has 1 aliphatic heterocycles. The van der Waals surface area contributed by atoms with E-state index in [9.17, 15) is 0 Å². The molecule has 1 aliphatic rings. The highest BCUT2D eigenvalue weighted by atomic mass is 32.2. The number of guanidine groups is 1. The van der Waals surface area contributed by atoms with Gasteiger partial charge in [0.15, 0.2) is 5.96 Å². The van der Waals surface area contributed by atoms with Crippen LogP contribution in [-0.2, 0) is 13.0 Å². The van der Waals surface area contributed by atoms with Crippen molar-refractivity contribution in [3.8, 4) is 0 Å². The zero-order valence-electron chi connectivity index (χ0n) is 12.3. The van der Waals surface area contributed by atoms with E-state index in [2.05, 4.69) is 49.1 Å². The Bertz CT molecular complexity index is 424. The Labute approximate surface area is 124 Å². The molecule has 0 amide bonds. The van der Waals surface area contributed by atoms with Gasteiger partial charge in [-0.05, 0) is 18.6 Å². The van der Waals surface area contributed by atoms with E-state index in [4.69, 9.17) is 0 Å². The summed E-state index contributed by atoms with van der Waals surface area (Å²) < 4.78 is 2.08. The molecule has 0 spiro atoms. The average molecular weight is 296 g/mol. The van der Waals surface area contributed by atoms with Crippen molar-refractivity contribution in [2.45, 2.75) is 38.0 Å². The number of thioether (sulfide) groups is 1. The molecular formula is C13H24N6S. The van der Waals surface area contributed by atoms with Gasteiger partial charge in [0.2, 0.25) is 0 Å². The van der Waals surface area contributed by atoms with Crippen molar-refractivity contribution in [1.82, 2.24) is 25.4 Å². The predicted molar refractivity (Wildman–Crippen MR) is 84.2 cm³/mol. The first-order valence-corrected chi connectivity index (χ1v) is 8.31. The maximum atomic E-state index is 4.26. The van der Waals surface area contributed by atoms with Gasteiger partial charge in [0, 0.05) is 38.4 Å². The fourth-order valence-electron chi connectivity index (χ4n) is 2.27. The summed E-state index contributed by atoms with van der Waals surface area (Å²) in [5, 5.41) is 15.5. The first kappa shape index (κ1) is 15.2. The SMILES string of the molecule is CCc1nncn1CCNC(=NC)NCC1CCCS1. The lowest BCUT2D eigenvalue weighted by molar-refractivity contribution is 0.630. The smallest absolute Gasteiger partial charge is 0.191 e. The number of rotatable bonds is 6. The van der Waals surface area contributed by atoms with E-state index >= 15 is 0 Å². The van der Waals surface area contributed by atoms with E-state index in [0.29, 0.717) is 0 Å². The maximum Gasteiger partial charge on any atom is 0.191 e. The maximum absolute atomic E-state index is 4.26. The van der Waals surface area contributed by atoms with Crippen molar-refractivity contribution in [3.05, 3.63) is 12.2 Å². The Morgan fingerprint density at radius 3 is 3.15 bits per heavy atom. The number of nitrogens with one attached hydrogen (secondary N) is 2. The van der Waals surface area contributed by atoms with Gasteiger partial charge in [0.1, 0.15) is 12.2 Å². The van der Waals surface area contributed by atoms with Crippen LogP contribution in [0.5, 0.6) is 0 Å². The molecule has 1 aromatic heterocycles. The fourth-order valence-corrected chi connectivity index (χ4v) is 3.47. The minimum absolute atomic E-state index is 0.734. The Morgan fingerprint density at radius 2 is 2.45 bits per heavy atom. The number of aliphatic imine (C=N–C) groups is 1. The van der Waals surface area contributed by atoms with E-state index < -0.39 is 0 Å². The van der Waals surface area contributed by atoms with Crippen LogP contribution < -0.4 is 10.6 Å². The fraction of sp³-hybridized carbons (Fsp3) is 0.769. The van der Waals surface area contributed by atoms with Crippen LogP contribution in [0.25, 0.3) is 0 Å². The van der Waals surface area contributed by atoms with Crippen LogP contribution in [0.1, 0.15) is 25.6 Å². The lowest BCUT2D eigenvalue weighted by Crippen LogP contribution is -2.41. The summed E-state index contributed by atoms with van der Waals surface area (Å²) in [6.45, 7) is 4.77. The van der Waals surface area contributed by atoms with E-state index in [1.165, 1.54) is 18.6 Å². The van der Waals surface area contributed by atoms with Crippen LogP contribution in [0.4, 0.5) is 0 Å². The van der Waals surface area contributed by atoms with Gasteiger partial charge in [-0.25, -0.2) is 0 Å². The largest absolute Gasteiger partial charge is 0.355 e. The lowest BCUT2D eigenvalue weighted by atomic mass is 10.2. The molecule has 1 aromatic rings. The van der Waals surface area contributed by atoms with Crippen LogP contribution >= 0.6 is 11.8 Å². The third-order valence-corrected chi connectivity index (χ3v) is 4.80. The second-order valence-electron chi connectivity index (χ2n) is 4.81. The van der Waals surface area contributed by atoms with Crippen molar-refractivity contribution < 1.29 is 0 Å². The van der Waals surface area contributed by atoms with E-state index in [1.807, 2.05) is 7.05 Å². The highest BCUT2D eigenvalue weighted by Gasteiger charge is 2.15. The van der Waals surface area contributed by atoms with Crippen LogP contribution in [0.3, 0.4) is 0 Å². The zero-order chi connectivity index (χ0) is 14.2. The number of aromatic nitrogens is 3. The minimum atomic E-state index is 0.734. The summed E-state index contributed by atoms with van der Waals surface area (Å²) in [6, 6.07) is 0. The molecule has 0 aromatic carbocycles. The Kier molecular flexibility index (Phi) is 6.17. The number of hydrogen-bond donors (Lipinski definition) is 2. The normalized spacial score (nSPS) is 19.3. The van der Waals surface area contributed by atoms with Crippen molar-refractivity contribution in [2.75, 3.05) is 25.9 Å². The van der Waals surface area contributed by atoms with E-state index in [0.717, 1.165) is 43.1 Å². The topological polar surface area (TPSA) is 67.1 Å². The van der Waals surface area contributed by atoms with Gasteiger partial charge in [0.05, 0.1) is 0 Å². The molecule has 6 nitrogen and oxygen atoms in total.